The van der Waals surface area contributed by atoms with Crippen LogP contribution in [0, 0.1) is 0 Å². The number of hydrogen-bond donors (Lipinski definition) is 1. The number of nitrogens with one attached hydrogen (secondary N) is 1. The van der Waals surface area contributed by atoms with Crippen LogP contribution in [0.1, 0.15) is 25.3 Å². The molecule has 0 unspecified atom stereocenters. The highest BCUT2D eigenvalue weighted by molar-refractivity contribution is 5.02. The van der Waals surface area contributed by atoms with E-state index in [1.807, 2.05) is 24.9 Å². The van der Waals surface area contributed by atoms with Crippen molar-refractivity contribution < 1.29 is 4.74 Å². The summed E-state index contributed by atoms with van der Waals surface area (Å²) < 4.78 is 7.15. The average molecular weight is 268 g/mol. The Morgan fingerprint density at radius 1 is 1.37 bits per heavy atom. The van der Waals surface area contributed by atoms with Crippen molar-refractivity contribution in [1.82, 2.24) is 20.0 Å². The van der Waals surface area contributed by atoms with Gasteiger partial charge in [0.2, 0.25) is 0 Å². The molecule has 0 aliphatic heterocycles. The maximum atomic E-state index is 5.30. The predicted octanol–water partition coefficient (Wildman–Crippen LogP) is 1.26. The minimum atomic E-state index is 0.826. The molecule has 110 valence electrons. The van der Waals surface area contributed by atoms with Crippen molar-refractivity contribution in [2.75, 3.05) is 39.9 Å². The van der Waals surface area contributed by atoms with E-state index in [1.165, 1.54) is 12.0 Å². The fourth-order valence-corrected chi connectivity index (χ4v) is 1.94. The summed E-state index contributed by atoms with van der Waals surface area (Å²) >= 11 is 0. The highest BCUT2D eigenvalue weighted by Gasteiger charge is 2.01. The van der Waals surface area contributed by atoms with Gasteiger partial charge >= 0.3 is 0 Å². The second kappa shape index (κ2) is 9.95. The minimum Gasteiger partial charge on any atom is -0.382 e. The van der Waals surface area contributed by atoms with Crippen LogP contribution in [0.15, 0.2) is 12.4 Å². The summed E-state index contributed by atoms with van der Waals surface area (Å²) in [4.78, 5) is 2.31. The van der Waals surface area contributed by atoms with Crippen LogP contribution in [-0.2, 0) is 18.3 Å². The zero-order valence-electron chi connectivity index (χ0n) is 12.6. The average Bonchev–Trinajstić information content (AvgIpc) is 2.78. The molecule has 0 spiro atoms. The predicted molar refractivity (Wildman–Crippen MR) is 78.1 cm³/mol. The second-order valence-electron chi connectivity index (χ2n) is 4.91. The van der Waals surface area contributed by atoms with Crippen LogP contribution in [0.4, 0.5) is 0 Å². The van der Waals surface area contributed by atoms with Crippen molar-refractivity contribution in [2.45, 2.75) is 26.3 Å². The zero-order chi connectivity index (χ0) is 13.9. The lowest BCUT2D eigenvalue weighted by molar-refractivity contribution is 0.143. The molecule has 19 heavy (non-hydrogen) atoms. The SMILES string of the molecule is CCOCCCCNCCN(C)Cc1cnn(C)c1. The van der Waals surface area contributed by atoms with Gasteiger partial charge in [0.25, 0.3) is 0 Å². The molecular formula is C14H28N4O. The van der Waals surface area contributed by atoms with Crippen molar-refractivity contribution in [3.05, 3.63) is 18.0 Å². The molecule has 0 fully saturated rings. The molecule has 0 bridgehead atoms. The van der Waals surface area contributed by atoms with Gasteiger partial charge in [0.1, 0.15) is 0 Å². The maximum Gasteiger partial charge on any atom is 0.0534 e. The van der Waals surface area contributed by atoms with Gasteiger partial charge < -0.3 is 15.0 Å². The lowest BCUT2D eigenvalue weighted by Gasteiger charge is -2.15. The quantitative estimate of drug-likeness (QED) is 0.614. The van der Waals surface area contributed by atoms with E-state index in [-0.39, 0.29) is 0 Å². The molecule has 1 aromatic rings. The summed E-state index contributed by atoms with van der Waals surface area (Å²) in [6, 6.07) is 0. The van der Waals surface area contributed by atoms with Gasteiger partial charge in [-0.3, -0.25) is 4.68 Å². The number of ether oxygens (including phenoxy) is 1. The fraction of sp³-hybridized carbons (Fsp3) is 0.786. The van der Waals surface area contributed by atoms with Crippen molar-refractivity contribution in [2.24, 2.45) is 7.05 Å². The molecule has 0 atom stereocenters. The Hall–Kier alpha value is -0.910. The molecule has 0 aromatic carbocycles. The standard InChI is InChI=1S/C14H28N4O/c1-4-19-10-6-5-7-15-8-9-17(2)12-14-11-16-18(3)13-14/h11,13,15H,4-10,12H2,1-3H3. The summed E-state index contributed by atoms with van der Waals surface area (Å²) in [5.74, 6) is 0. The number of hydrogen-bond acceptors (Lipinski definition) is 4. The first kappa shape index (κ1) is 16.1. The molecule has 0 radical (unpaired) electrons. The van der Waals surface area contributed by atoms with Crippen LogP contribution < -0.4 is 5.32 Å². The van der Waals surface area contributed by atoms with Crippen LogP contribution in [0.25, 0.3) is 0 Å². The first-order valence-corrected chi connectivity index (χ1v) is 7.17. The van der Waals surface area contributed by atoms with E-state index in [4.69, 9.17) is 4.74 Å². The Morgan fingerprint density at radius 2 is 2.21 bits per heavy atom. The summed E-state index contributed by atoms with van der Waals surface area (Å²) in [6.45, 7) is 7.88. The number of nitrogens with zero attached hydrogens (tertiary/aromatic N) is 3. The van der Waals surface area contributed by atoms with Crippen LogP contribution in [0.3, 0.4) is 0 Å². The van der Waals surface area contributed by atoms with Gasteiger partial charge in [-0.15, -0.1) is 0 Å². The van der Waals surface area contributed by atoms with E-state index in [1.54, 1.807) is 0 Å². The Morgan fingerprint density at radius 3 is 2.89 bits per heavy atom. The molecule has 0 saturated heterocycles. The molecular weight excluding hydrogens is 240 g/mol. The summed E-state index contributed by atoms with van der Waals surface area (Å²) in [5.41, 5.74) is 1.27. The molecule has 0 amide bonds. The van der Waals surface area contributed by atoms with Gasteiger partial charge in [0.15, 0.2) is 0 Å². The molecule has 1 aromatic heterocycles. The molecule has 1 heterocycles. The Balaban J connectivity index is 1.94. The third kappa shape index (κ3) is 7.97. The lowest BCUT2D eigenvalue weighted by Crippen LogP contribution is -2.29. The molecule has 5 nitrogen and oxygen atoms in total. The van der Waals surface area contributed by atoms with E-state index in [0.29, 0.717) is 0 Å². The number of aromatic nitrogens is 2. The van der Waals surface area contributed by atoms with Crippen LogP contribution in [0.2, 0.25) is 0 Å². The van der Waals surface area contributed by atoms with Crippen LogP contribution >= 0.6 is 0 Å². The number of rotatable bonds is 11. The minimum absolute atomic E-state index is 0.826. The van der Waals surface area contributed by atoms with Crippen molar-refractivity contribution >= 4 is 0 Å². The van der Waals surface area contributed by atoms with Gasteiger partial charge in [-0.25, -0.2) is 0 Å². The van der Waals surface area contributed by atoms with Crippen molar-refractivity contribution in [3.8, 4) is 0 Å². The second-order valence-corrected chi connectivity index (χ2v) is 4.91. The van der Waals surface area contributed by atoms with E-state index in [0.717, 1.165) is 45.8 Å². The van der Waals surface area contributed by atoms with E-state index in [2.05, 4.69) is 28.6 Å². The number of unbranched alkanes of at least 4 members (excludes halogenated alkanes) is 1. The van der Waals surface area contributed by atoms with Gasteiger partial charge in [-0.2, -0.15) is 5.10 Å². The lowest BCUT2D eigenvalue weighted by atomic mass is 10.3. The highest BCUT2D eigenvalue weighted by atomic mass is 16.5. The van der Waals surface area contributed by atoms with Gasteiger partial charge in [0, 0.05) is 51.7 Å². The number of likely N-dealkylation sites (N-methyl/N-ethyl adjacent to an activating group) is 1. The Labute approximate surface area is 116 Å². The topological polar surface area (TPSA) is 42.3 Å². The first-order valence-electron chi connectivity index (χ1n) is 7.17. The third-order valence-electron chi connectivity index (χ3n) is 2.98. The van der Waals surface area contributed by atoms with Gasteiger partial charge in [-0.1, -0.05) is 0 Å². The smallest absolute Gasteiger partial charge is 0.0534 e. The summed E-state index contributed by atoms with van der Waals surface area (Å²) in [6.07, 6.45) is 6.33. The highest BCUT2D eigenvalue weighted by Crippen LogP contribution is 2.00. The van der Waals surface area contributed by atoms with Gasteiger partial charge in [-0.05, 0) is 33.4 Å². The third-order valence-corrected chi connectivity index (χ3v) is 2.98. The summed E-state index contributed by atoms with van der Waals surface area (Å²) in [5, 5.41) is 7.64. The van der Waals surface area contributed by atoms with E-state index < -0.39 is 0 Å². The Kier molecular flexibility index (Phi) is 8.45. The summed E-state index contributed by atoms with van der Waals surface area (Å²) in [7, 11) is 4.09. The molecule has 1 N–H and O–H groups in total. The van der Waals surface area contributed by atoms with Crippen LogP contribution in [-0.4, -0.2) is 54.6 Å². The first-order chi connectivity index (χ1) is 9.22. The van der Waals surface area contributed by atoms with Crippen molar-refractivity contribution in [3.63, 3.8) is 0 Å². The monoisotopic (exact) mass is 268 g/mol. The molecule has 0 aliphatic carbocycles. The largest absolute Gasteiger partial charge is 0.382 e. The van der Waals surface area contributed by atoms with E-state index in [9.17, 15) is 0 Å². The molecule has 5 heteroatoms. The van der Waals surface area contributed by atoms with Crippen molar-refractivity contribution in [1.29, 1.82) is 0 Å². The van der Waals surface area contributed by atoms with Crippen LogP contribution in [0.5, 0.6) is 0 Å². The molecule has 1 rings (SSSR count). The molecule has 0 aliphatic rings. The number of aryl methyl sites for hydroxylation is 1. The van der Waals surface area contributed by atoms with Gasteiger partial charge in [0.05, 0.1) is 6.20 Å². The maximum absolute atomic E-state index is 5.30. The zero-order valence-corrected chi connectivity index (χ0v) is 12.6. The van der Waals surface area contributed by atoms with E-state index >= 15 is 0 Å². The fourth-order valence-electron chi connectivity index (χ4n) is 1.94. The molecule has 0 saturated carbocycles. The Bertz CT molecular complexity index is 327. The normalized spacial score (nSPS) is 11.4.